The Morgan fingerprint density at radius 1 is 1.35 bits per heavy atom. The average molecular weight is 241 g/mol. The first-order chi connectivity index (χ1) is 7.79. The molecule has 100 valence electrons. The second kappa shape index (κ2) is 5.38. The molecule has 0 aromatic rings. The first-order valence-electron chi connectivity index (χ1n) is 6.82. The maximum atomic E-state index is 11.6. The number of hydrogen-bond donors (Lipinski definition) is 2. The van der Waals surface area contributed by atoms with Crippen LogP contribution in [0.1, 0.15) is 66.2 Å². The van der Waals surface area contributed by atoms with Crippen molar-refractivity contribution in [2.45, 2.75) is 77.3 Å². The lowest BCUT2D eigenvalue weighted by molar-refractivity contribution is -0.148. The predicted molar refractivity (Wildman–Crippen MR) is 70.1 cm³/mol. The zero-order valence-electron chi connectivity index (χ0n) is 11.7. The van der Waals surface area contributed by atoms with Crippen LogP contribution in [0.3, 0.4) is 0 Å². The quantitative estimate of drug-likeness (QED) is 0.794. The summed E-state index contributed by atoms with van der Waals surface area (Å²) in [6.45, 7) is 8.31. The average Bonchev–Trinajstić information content (AvgIpc) is 2.19. The van der Waals surface area contributed by atoms with Gasteiger partial charge >= 0.3 is 5.97 Å². The standard InChI is InChI=1S/C14H27NO2/c1-5-6-11-7-9-14(10-8-11,12(16)17)15-13(2,3)4/h11,15H,5-10H2,1-4H3,(H,16,17). The third-order valence-electron chi connectivity index (χ3n) is 3.68. The highest BCUT2D eigenvalue weighted by Crippen LogP contribution is 2.35. The molecule has 1 saturated carbocycles. The van der Waals surface area contributed by atoms with E-state index in [0.29, 0.717) is 0 Å². The summed E-state index contributed by atoms with van der Waals surface area (Å²) in [7, 11) is 0. The Kier molecular flexibility index (Phi) is 4.59. The molecule has 0 amide bonds. The maximum Gasteiger partial charge on any atom is 0.323 e. The second-order valence-corrected chi connectivity index (χ2v) is 6.49. The van der Waals surface area contributed by atoms with Crippen molar-refractivity contribution in [2.75, 3.05) is 0 Å². The Morgan fingerprint density at radius 2 is 1.88 bits per heavy atom. The lowest BCUT2D eigenvalue weighted by Crippen LogP contribution is -2.60. The summed E-state index contributed by atoms with van der Waals surface area (Å²) in [6, 6.07) is 0. The van der Waals surface area contributed by atoms with Crippen LogP contribution in [0.5, 0.6) is 0 Å². The molecule has 1 rings (SSSR count). The first-order valence-corrected chi connectivity index (χ1v) is 6.82. The molecule has 1 aliphatic carbocycles. The lowest BCUT2D eigenvalue weighted by Gasteiger charge is -2.42. The molecule has 0 aromatic carbocycles. The van der Waals surface area contributed by atoms with Crippen molar-refractivity contribution in [3.8, 4) is 0 Å². The summed E-state index contributed by atoms with van der Waals surface area (Å²) in [5.74, 6) is 0.0524. The third-order valence-corrected chi connectivity index (χ3v) is 3.68. The van der Waals surface area contributed by atoms with E-state index in [0.717, 1.165) is 31.6 Å². The van der Waals surface area contributed by atoms with Gasteiger partial charge in [-0.3, -0.25) is 10.1 Å². The predicted octanol–water partition coefficient (Wildman–Crippen LogP) is 3.19. The minimum absolute atomic E-state index is 0.143. The molecule has 0 unspecified atom stereocenters. The van der Waals surface area contributed by atoms with Crippen molar-refractivity contribution in [1.82, 2.24) is 5.32 Å². The number of carboxylic acid groups (broad SMARTS) is 1. The van der Waals surface area contributed by atoms with Gasteiger partial charge in [0, 0.05) is 5.54 Å². The number of nitrogens with one attached hydrogen (secondary N) is 1. The van der Waals surface area contributed by atoms with Crippen LogP contribution in [0.4, 0.5) is 0 Å². The van der Waals surface area contributed by atoms with Crippen LogP contribution in [-0.4, -0.2) is 22.2 Å². The van der Waals surface area contributed by atoms with Crippen molar-refractivity contribution in [2.24, 2.45) is 5.92 Å². The van der Waals surface area contributed by atoms with Crippen LogP contribution in [0, 0.1) is 5.92 Å². The Balaban J connectivity index is 2.67. The maximum absolute atomic E-state index is 11.6. The van der Waals surface area contributed by atoms with E-state index in [1.807, 2.05) is 20.8 Å². The lowest BCUT2D eigenvalue weighted by atomic mass is 9.74. The normalized spacial score (nSPS) is 30.2. The van der Waals surface area contributed by atoms with Gasteiger partial charge in [0.25, 0.3) is 0 Å². The molecule has 3 heteroatoms. The van der Waals surface area contributed by atoms with Crippen molar-refractivity contribution in [3.63, 3.8) is 0 Å². The van der Waals surface area contributed by atoms with Gasteiger partial charge in [-0.05, 0) is 52.4 Å². The van der Waals surface area contributed by atoms with E-state index in [9.17, 15) is 9.90 Å². The monoisotopic (exact) mass is 241 g/mol. The first kappa shape index (κ1) is 14.5. The van der Waals surface area contributed by atoms with E-state index >= 15 is 0 Å². The SMILES string of the molecule is CCCC1CCC(NC(C)(C)C)(C(=O)O)CC1. The topological polar surface area (TPSA) is 49.3 Å². The van der Waals surface area contributed by atoms with E-state index in [1.54, 1.807) is 0 Å². The highest BCUT2D eigenvalue weighted by atomic mass is 16.4. The van der Waals surface area contributed by atoms with Gasteiger partial charge in [-0.15, -0.1) is 0 Å². The van der Waals surface area contributed by atoms with Crippen molar-refractivity contribution in [1.29, 1.82) is 0 Å². The molecule has 0 heterocycles. The molecule has 17 heavy (non-hydrogen) atoms. The zero-order chi connectivity index (χ0) is 13.1. The molecule has 2 N–H and O–H groups in total. The number of aliphatic carboxylic acids is 1. The van der Waals surface area contributed by atoms with Crippen LogP contribution in [-0.2, 0) is 4.79 Å². The third kappa shape index (κ3) is 3.98. The van der Waals surface area contributed by atoms with Gasteiger partial charge < -0.3 is 5.11 Å². The van der Waals surface area contributed by atoms with Gasteiger partial charge in [0.2, 0.25) is 0 Å². The zero-order valence-corrected chi connectivity index (χ0v) is 11.7. The summed E-state index contributed by atoms with van der Waals surface area (Å²) in [5.41, 5.74) is -0.835. The molecular weight excluding hydrogens is 214 g/mol. The molecule has 0 bridgehead atoms. The van der Waals surface area contributed by atoms with Gasteiger partial charge in [0.1, 0.15) is 5.54 Å². The fourth-order valence-corrected chi connectivity index (χ4v) is 2.98. The highest BCUT2D eigenvalue weighted by molar-refractivity contribution is 5.79. The molecule has 0 aromatic heterocycles. The molecule has 1 fully saturated rings. The summed E-state index contributed by atoms with van der Waals surface area (Å²) in [4.78, 5) is 11.6. The van der Waals surface area contributed by atoms with Gasteiger partial charge in [-0.1, -0.05) is 19.8 Å². The molecule has 0 spiro atoms. The second-order valence-electron chi connectivity index (χ2n) is 6.49. The van der Waals surface area contributed by atoms with Crippen LogP contribution in [0.15, 0.2) is 0 Å². The molecule has 0 atom stereocenters. The summed E-state index contributed by atoms with van der Waals surface area (Å²) in [6.07, 6.45) is 6.07. The van der Waals surface area contributed by atoms with Crippen LogP contribution in [0.25, 0.3) is 0 Å². The van der Waals surface area contributed by atoms with Crippen molar-refractivity contribution in [3.05, 3.63) is 0 Å². The van der Waals surface area contributed by atoms with E-state index in [2.05, 4.69) is 12.2 Å². The Morgan fingerprint density at radius 3 is 2.24 bits per heavy atom. The molecule has 0 aliphatic heterocycles. The Labute approximate surface area is 105 Å². The largest absolute Gasteiger partial charge is 0.480 e. The number of rotatable bonds is 4. The van der Waals surface area contributed by atoms with E-state index in [1.165, 1.54) is 12.8 Å². The van der Waals surface area contributed by atoms with E-state index < -0.39 is 11.5 Å². The fourth-order valence-electron chi connectivity index (χ4n) is 2.98. The molecule has 0 saturated heterocycles. The van der Waals surface area contributed by atoms with Crippen LogP contribution in [0.2, 0.25) is 0 Å². The van der Waals surface area contributed by atoms with Crippen molar-refractivity contribution < 1.29 is 9.90 Å². The number of carbonyl (C=O) groups is 1. The number of carboxylic acids is 1. The molecular formula is C14H27NO2. The van der Waals surface area contributed by atoms with Gasteiger partial charge in [0.15, 0.2) is 0 Å². The van der Waals surface area contributed by atoms with E-state index in [4.69, 9.17) is 0 Å². The Hall–Kier alpha value is -0.570. The van der Waals surface area contributed by atoms with Crippen molar-refractivity contribution >= 4 is 5.97 Å². The number of hydrogen-bond acceptors (Lipinski definition) is 2. The Bertz CT molecular complexity index is 260. The fraction of sp³-hybridized carbons (Fsp3) is 0.929. The smallest absolute Gasteiger partial charge is 0.323 e. The summed E-state index contributed by atoms with van der Waals surface area (Å²) < 4.78 is 0. The van der Waals surface area contributed by atoms with Crippen LogP contribution < -0.4 is 5.32 Å². The van der Waals surface area contributed by atoms with Gasteiger partial charge in [-0.2, -0.15) is 0 Å². The van der Waals surface area contributed by atoms with E-state index in [-0.39, 0.29) is 5.54 Å². The minimum Gasteiger partial charge on any atom is -0.480 e. The summed E-state index contributed by atoms with van der Waals surface area (Å²) in [5, 5.41) is 12.8. The van der Waals surface area contributed by atoms with Gasteiger partial charge in [0.05, 0.1) is 0 Å². The molecule has 1 aliphatic rings. The molecule has 3 nitrogen and oxygen atoms in total. The minimum atomic E-state index is -0.692. The molecule has 0 radical (unpaired) electrons. The van der Waals surface area contributed by atoms with Gasteiger partial charge in [-0.25, -0.2) is 0 Å². The van der Waals surface area contributed by atoms with Crippen LogP contribution >= 0.6 is 0 Å². The highest BCUT2D eigenvalue weighted by Gasteiger charge is 2.43. The summed E-state index contributed by atoms with van der Waals surface area (Å²) >= 11 is 0.